The Hall–Kier alpha value is -2.50. The number of hydrogen-bond donors (Lipinski definition) is 2. The van der Waals surface area contributed by atoms with E-state index in [1.54, 1.807) is 18.3 Å². The molecular formula is C14H14FN5. The molecule has 0 bridgehead atoms. The lowest BCUT2D eigenvalue weighted by molar-refractivity contribution is 0.624. The zero-order valence-corrected chi connectivity index (χ0v) is 10.8. The van der Waals surface area contributed by atoms with Crippen LogP contribution in [0.25, 0.3) is 11.0 Å². The van der Waals surface area contributed by atoms with E-state index in [1.165, 1.54) is 12.4 Å². The van der Waals surface area contributed by atoms with Gasteiger partial charge in [0.05, 0.1) is 11.6 Å². The topological polar surface area (TPSA) is 66.5 Å². The highest BCUT2D eigenvalue weighted by Crippen LogP contribution is 2.16. The van der Waals surface area contributed by atoms with E-state index >= 15 is 0 Å². The Kier molecular flexibility index (Phi) is 3.54. The Balaban J connectivity index is 1.56. The number of anilines is 1. The number of aryl methyl sites for hydroxylation is 1. The van der Waals surface area contributed by atoms with Crippen molar-refractivity contribution in [1.29, 1.82) is 0 Å². The van der Waals surface area contributed by atoms with Gasteiger partial charge in [-0.25, -0.2) is 14.4 Å². The molecule has 1 aromatic carbocycles. The summed E-state index contributed by atoms with van der Waals surface area (Å²) in [6, 6.07) is 6.69. The first-order valence-corrected chi connectivity index (χ1v) is 6.45. The molecule has 6 heteroatoms. The molecule has 0 unspecified atom stereocenters. The lowest BCUT2D eigenvalue weighted by Gasteiger charge is -2.06. The third kappa shape index (κ3) is 2.74. The molecule has 2 heterocycles. The van der Waals surface area contributed by atoms with E-state index in [9.17, 15) is 4.39 Å². The molecule has 5 nitrogen and oxygen atoms in total. The van der Waals surface area contributed by atoms with Crippen LogP contribution in [0.1, 0.15) is 12.0 Å². The first-order chi connectivity index (χ1) is 9.83. The maximum absolute atomic E-state index is 13.0. The summed E-state index contributed by atoms with van der Waals surface area (Å²) >= 11 is 0. The van der Waals surface area contributed by atoms with Crippen LogP contribution in [0, 0.1) is 5.82 Å². The summed E-state index contributed by atoms with van der Waals surface area (Å²) < 4.78 is 13.0. The Morgan fingerprint density at radius 3 is 3.10 bits per heavy atom. The molecule has 0 aliphatic heterocycles. The highest BCUT2D eigenvalue weighted by Gasteiger charge is 2.04. The van der Waals surface area contributed by atoms with Gasteiger partial charge in [-0.05, 0) is 30.5 Å². The van der Waals surface area contributed by atoms with Gasteiger partial charge in [0.2, 0.25) is 0 Å². The minimum Gasteiger partial charge on any atom is -0.369 e. The fourth-order valence-electron chi connectivity index (χ4n) is 2.10. The lowest BCUT2D eigenvalue weighted by Crippen LogP contribution is -2.05. The number of H-pyrrole nitrogens is 1. The largest absolute Gasteiger partial charge is 0.369 e. The first-order valence-electron chi connectivity index (χ1n) is 6.45. The minimum absolute atomic E-state index is 0.189. The van der Waals surface area contributed by atoms with Crippen LogP contribution in [-0.4, -0.2) is 26.7 Å². The highest BCUT2D eigenvalue weighted by molar-refractivity contribution is 5.85. The van der Waals surface area contributed by atoms with Crippen LogP contribution in [0.4, 0.5) is 10.2 Å². The molecule has 0 radical (unpaired) electrons. The summed E-state index contributed by atoms with van der Waals surface area (Å²) in [6.45, 7) is 0.758. The SMILES string of the molecule is Fc1cccc(CCCNc2ncnc3[nH]ncc23)c1. The molecule has 0 fully saturated rings. The minimum atomic E-state index is -0.189. The molecule has 0 saturated heterocycles. The molecule has 20 heavy (non-hydrogen) atoms. The number of nitrogens with one attached hydrogen (secondary N) is 2. The molecule has 0 atom stereocenters. The number of nitrogens with zero attached hydrogens (tertiary/aromatic N) is 3. The van der Waals surface area contributed by atoms with Crippen LogP contribution < -0.4 is 5.32 Å². The second-order valence-corrected chi connectivity index (χ2v) is 4.51. The number of hydrogen-bond acceptors (Lipinski definition) is 4. The molecule has 2 N–H and O–H groups in total. The average Bonchev–Trinajstić information content (AvgIpc) is 2.93. The van der Waals surface area contributed by atoms with E-state index in [4.69, 9.17) is 0 Å². The maximum Gasteiger partial charge on any atom is 0.160 e. The van der Waals surface area contributed by atoms with Crippen LogP contribution in [0.5, 0.6) is 0 Å². The highest BCUT2D eigenvalue weighted by atomic mass is 19.1. The molecular weight excluding hydrogens is 257 g/mol. The molecule has 3 aromatic rings. The predicted molar refractivity (Wildman–Crippen MR) is 74.9 cm³/mol. The van der Waals surface area contributed by atoms with Gasteiger partial charge in [-0.2, -0.15) is 5.10 Å². The van der Waals surface area contributed by atoms with E-state index in [0.29, 0.717) is 5.65 Å². The summed E-state index contributed by atoms with van der Waals surface area (Å²) in [5, 5.41) is 10.9. The molecule has 2 aromatic heterocycles. The molecule has 0 aliphatic carbocycles. The number of rotatable bonds is 5. The Morgan fingerprint density at radius 1 is 1.25 bits per heavy atom. The fraction of sp³-hybridized carbons (Fsp3) is 0.214. The van der Waals surface area contributed by atoms with Crippen LogP contribution >= 0.6 is 0 Å². The maximum atomic E-state index is 13.0. The molecule has 0 spiro atoms. The van der Waals surface area contributed by atoms with Crippen molar-refractivity contribution in [2.24, 2.45) is 0 Å². The van der Waals surface area contributed by atoms with Gasteiger partial charge in [-0.15, -0.1) is 0 Å². The van der Waals surface area contributed by atoms with Crippen molar-refractivity contribution < 1.29 is 4.39 Å². The van der Waals surface area contributed by atoms with Gasteiger partial charge in [0.1, 0.15) is 18.0 Å². The first kappa shape index (κ1) is 12.5. The van der Waals surface area contributed by atoms with Crippen molar-refractivity contribution in [2.75, 3.05) is 11.9 Å². The van der Waals surface area contributed by atoms with Gasteiger partial charge in [0.15, 0.2) is 5.65 Å². The summed E-state index contributed by atoms with van der Waals surface area (Å²) in [5.41, 5.74) is 1.72. The second-order valence-electron chi connectivity index (χ2n) is 4.51. The molecule has 0 amide bonds. The van der Waals surface area contributed by atoms with Gasteiger partial charge < -0.3 is 5.32 Å². The van der Waals surface area contributed by atoms with E-state index < -0.39 is 0 Å². The molecule has 102 valence electrons. The Morgan fingerprint density at radius 2 is 2.20 bits per heavy atom. The predicted octanol–water partition coefficient (Wildman–Crippen LogP) is 2.54. The third-order valence-electron chi connectivity index (χ3n) is 3.07. The van der Waals surface area contributed by atoms with Crippen molar-refractivity contribution in [3.05, 3.63) is 48.2 Å². The second kappa shape index (κ2) is 5.64. The normalized spacial score (nSPS) is 10.8. The van der Waals surface area contributed by atoms with Crippen molar-refractivity contribution in [3.8, 4) is 0 Å². The molecule has 3 rings (SSSR count). The number of benzene rings is 1. The molecule has 0 saturated carbocycles. The van der Waals surface area contributed by atoms with Gasteiger partial charge in [0.25, 0.3) is 0 Å². The standard InChI is InChI=1S/C14H14FN5/c15-11-5-1-3-10(7-11)4-2-6-16-13-12-8-19-20-14(12)18-9-17-13/h1,3,5,7-9H,2,4,6H2,(H2,16,17,18,19,20). The Labute approximate surface area is 115 Å². The van der Waals surface area contributed by atoms with Gasteiger partial charge in [0, 0.05) is 6.54 Å². The number of fused-ring (bicyclic) bond motifs is 1. The lowest BCUT2D eigenvalue weighted by atomic mass is 10.1. The van der Waals surface area contributed by atoms with Gasteiger partial charge in [-0.1, -0.05) is 12.1 Å². The van der Waals surface area contributed by atoms with E-state index in [-0.39, 0.29) is 5.82 Å². The number of halogens is 1. The van der Waals surface area contributed by atoms with Gasteiger partial charge >= 0.3 is 0 Å². The van der Waals surface area contributed by atoms with E-state index in [1.807, 2.05) is 6.07 Å². The van der Waals surface area contributed by atoms with Crippen LogP contribution in [0.15, 0.2) is 36.8 Å². The quantitative estimate of drug-likeness (QED) is 0.700. The van der Waals surface area contributed by atoms with Crippen LogP contribution in [-0.2, 0) is 6.42 Å². The van der Waals surface area contributed by atoms with E-state index in [2.05, 4.69) is 25.5 Å². The smallest absolute Gasteiger partial charge is 0.160 e. The van der Waals surface area contributed by atoms with Crippen LogP contribution in [0.2, 0.25) is 0 Å². The van der Waals surface area contributed by atoms with Crippen molar-refractivity contribution >= 4 is 16.9 Å². The summed E-state index contributed by atoms with van der Waals surface area (Å²) in [7, 11) is 0. The van der Waals surface area contributed by atoms with Crippen molar-refractivity contribution in [3.63, 3.8) is 0 Å². The van der Waals surface area contributed by atoms with E-state index in [0.717, 1.165) is 36.2 Å². The zero-order valence-electron chi connectivity index (χ0n) is 10.8. The summed E-state index contributed by atoms with van der Waals surface area (Å²) in [4.78, 5) is 8.27. The monoisotopic (exact) mass is 271 g/mol. The van der Waals surface area contributed by atoms with Crippen LogP contribution in [0.3, 0.4) is 0 Å². The number of aromatic nitrogens is 4. The molecule has 0 aliphatic rings. The van der Waals surface area contributed by atoms with Crippen molar-refractivity contribution in [1.82, 2.24) is 20.2 Å². The number of aromatic amines is 1. The fourth-order valence-corrected chi connectivity index (χ4v) is 2.10. The van der Waals surface area contributed by atoms with Gasteiger partial charge in [-0.3, -0.25) is 5.10 Å². The Bertz CT molecular complexity index is 709. The average molecular weight is 271 g/mol. The third-order valence-corrected chi connectivity index (χ3v) is 3.07. The summed E-state index contributed by atoms with van der Waals surface area (Å²) in [5.74, 6) is 0.578. The summed E-state index contributed by atoms with van der Waals surface area (Å²) in [6.07, 6.45) is 4.91. The zero-order chi connectivity index (χ0) is 13.8. The van der Waals surface area contributed by atoms with Crippen molar-refractivity contribution in [2.45, 2.75) is 12.8 Å².